The van der Waals surface area contributed by atoms with Crippen molar-refractivity contribution in [3.8, 4) is 0 Å². The lowest BCUT2D eigenvalue weighted by Crippen LogP contribution is -2.52. The quantitative estimate of drug-likeness (QED) is 0.638. The highest BCUT2D eigenvalue weighted by Crippen LogP contribution is 2.11. The minimum Gasteiger partial charge on any atom is -0.480 e. The number of amides is 3. The van der Waals surface area contributed by atoms with Gasteiger partial charge in [-0.2, -0.15) is 0 Å². The highest BCUT2D eigenvalue weighted by Gasteiger charge is 2.33. The molecule has 0 saturated heterocycles. The molecule has 0 radical (unpaired) electrons. The molecule has 0 saturated carbocycles. The first-order chi connectivity index (χ1) is 9.07. The maximum absolute atomic E-state index is 11.6. The fraction of sp³-hybridized carbons (Fsp3) is 0.769. The van der Waals surface area contributed by atoms with Crippen LogP contribution >= 0.6 is 0 Å². The molecule has 0 unspecified atom stereocenters. The van der Waals surface area contributed by atoms with Crippen LogP contribution in [0.1, 0.15) is 34.1 Å². The Kier molecular flexibility index (Phi) is 7.20. The van der Waals surface area contributed by atoms with Gasteiger partial charge < -0.3 is 10.4 Å². The van der Waals surface area contributed by atoms with Gasteiger partial charge in [0.25, 0.3) is 0 Å². The second-order valence-electron chi connectivity index (χ2n) is 5.71. The SMILES string of the molecule is CC(C)CCNC(=O)NC(=O)CN(C)C(C)(C)C(=O)O. The zero-order valence-corrected chi connectivity index (χ0v) is 12.8. The van der Waals surface area contributed by atoms with E-state index < -0.39 is 23.4 Å². The first-order valence-electron chi connectivity index (χ1n) is 6.59. The van der Waals surface area contributed by atoms with Crippen molar-refractivity contribution in [2.45, 2.75) is 39.7 Å². The summed E-state index contributed by atoms with van der Waals surface area (Å²) in [4.78, 5) is 35.4. The van der Waals surface area contributed by atoms with E-state index in [1.807, 2.05) is 13.8 Å². The predicted octanol–water partition coefficient (Wildman–Crippen LogP) is 0.653. The Morgan fingerprint density at radius 2 is 1.80 bits per heavy atom. The van der Waals surface area contributed by atoms with Crippen molar-refractivity contribution in [2.75, 3.05) is 20.1 Å². The van der Waals surface area contributed by atoms with E-state index in [0.717, 1.165) is 6.42 Å². The molecule has 0 aromatic carbocycles. The van der Waals surface area contributed by atoms with Crippen LogP contribution in [0.5, 0.6) is 0 Å². The largest absolute Gasteiger partial charge is 0.480 e. The van der Waals surface area contributed by atoms with Gasteiger partial charge in [0.2, 0.25) is 5.91 Å². The minimum absolute atomic E-state index is 0.170. The third kappa shape index (κ3) is 6.51. The summed E-state index contributed by atoms with van der Waals surface area (Å²) < 4.78 is 0. The monoisotopic (exact) mass is 287 g/mol. The molecule has 0 atom stereocenters. The second kappa shape index (κ2) is 7.84. The molecule has 0 heterocycles. The molecule has 0 aliphatic carbocycles. The summed E-state index contributed by atoms with van der Waals surface area (Å²) in [5, 5.41) is 13.8. The first-order valence-corrected chi connectivity index (χ1v) is 6.59. The van der Waals surface area contributed by atoms with E-state index in [-0.39, 0.29) is 6.54 Å². The molecule has 3 amide bonds. The standard InChI is InChI=1S/C13H25N3O4/c1-9(2)6-7-14-12(20)15-10(17)8-16(5)13(3,4)11(18)19/h9H,6-8H2,1-5H3,(H,18,19)(H2,14,15,17,20). The van der Waals surface area contributed by atoms with E-state index in [1.54, 1.807) is 0 Å². The van der Waals surface area contributed by atoms with Gasteiger partial charge >= 0.3 is 12.0 Å². The molecule has 0 rings (SSSR count). The van der Waals surface area contributed by atoms with Crippen LogP contribution in [-0.4, -0.2) is 53.6 Å². The van der Waals surface area contributed by atoms with Crippen molar-refractivity contribution in [1.82, 2.24) is 15.5 Å². The van der Waals surface area contributed by atoms with Crippen molar-refractivity contribution in [3.05, 3.63) is 0 Å². The van der Waals surface area contributed by atoms with E-state index in [1.165, 1.54) is 25.8 Å². The summed E-state index contributed by atoms with van der Waals surface area (Å²) in [6, 6.07) is -0.558. The smallest absolute Gasteiger partial charge is 0.323 e. The number of urea groups is 1. The molecule has 0 spiro atoms. The summed E-state index contributed by atoms with van der Waals surface area (Å²) >= 11 is 0. The molecule has 7 heteroatoms. The maximum atomic E-state index is 11.6. The minimum atomic E-state index is -1.18. The molecule has 7 nitrogen and oxygen atoms in total. The summed E-state index contributed by atoms with van der Waals surface area (Å²) in [5.74, 6) is -1.11. The Morgan fingerprint density at radius 3 is 2.25 bits per heavy atom. The fourth-order valence-electron chi connectivity index (χ4n) is 1.26. The Labute approximate surface area is 119 Å². The second-order valence-corrected chi connectivity index (χ2v) is 5.71. The molecule has 0 aliphatic heterocycles. The molecule has 20 heavy (non-hydrogen) atoms. The third-order valence-corrected chi connectivity index (χ3v) is 3.12. The van der Waals surface area contributed by atoms with Gasteiger partial charge in [-0.15, -0.1) is 0 Å². The maximum Gasteiger partial charge on any atom is 0.323 e. The number of nitrogens with zero attached hydrogens (tertiary/aromatic N) is 1. The van der Waals surface area contributed by atoms with E-state index in [0.29, 0.717) is 12.5 Å². The number of nitrogens with one attached hydrogen (secondary N) is 2. The number of imide groups is 1. The average Bonchev–Trinajstić information content (AvgIpc) is 2.27. The first kappa shape index (κ1) is 18.4. The van der Waals surface area contributed by atoms with Crippen LogP contribution in [0.4, 0.5) is 4.79 Å². The number of carbonyl (C=O) groups excluding carboxylic acids is 2. The number of carboxylic acid groups (broad SMARTS) is 1. The van der Waals surface area contributed by atoms with E-state index in [9.17, 15) is 14.4 Å². The lowest BCUT2D eigenvalue weighted by molar-refractivity contribution is -0.149. The molecule has 0 aromatic rings. The van der Waals surface area contributed by atoms with Crippen LogP contribution in [-0.2, 0) is 9.59 Å². The molecule has 116 valence electrons. The molecule has 0 fully saturated rings. The van der Waals surface area contributed by atoms with Gasteiger partial charge in [-0.3, -0.25) is 19.8 Å². The number of likely N-dealkylation sites (N-methyl/N-ethyl adjacent to an activating group) is 1. The lowest BCUT2D eigenvalue weighted by Gasteiger charge is -2.30. The van der Waals surface area contributed by atoms with Crippen molar-refractivity contribution >= 4 is 17.9 Å². The normalized spacial score (nSPS) is 11.6. The summed E-state index contributed by atoms with van der Waals surface area (Å²) in [7, 11) is 1.52. The van der Waals surface area contributed by atoms with Gasteiger partial charge in [-0.1, -0.05) is 13.8 Å². The van der Waals surface area contributed by atoms with Gasteiger partial charge in [-0.25, -0.2) is 4.79 Å². The molecule has 3 N–H and O–H groups in total. The van der Waals surface area contributed by atoms with E-state index >= 15 is 0 Å². The van der Waals surface area contributed by atoms with Crippen LogP contribution < -0.4 is 10.6 Å². The van der Waals surface area contributed by atoms with Crippen molar-refractivity contribution < 1.29 is 19.5 Å². The summed E-state index contributed by atoms with van der Waals surface area (Å²) in [5.41, 5.74) is -1.18. The number of carboxylic acids is 1. The molecule has 0 aliphatic rings. The topological polar surface area (TPSA) is 98.7 Å². The number of rotatable bonds is 7. The summed E-state index contributed by atoms with van der Waals surface area (Å²) in [6.45, 7) is 7.38. The Hall–Kier alpha value is -1.63. The third-order valence-electron chi connectivity index (χ3n) is 3.12. The van der Waals surface area contributed by atoms with E-state index in [2.05, 4.69) is 10.6 Å². The molecule has 0 bridgehead atoms. The van der Waals surface area contributed by atoms with Crippen molar-refractivity contribution in [3.63, 3.8) is 0 Å². The molecular formula is C13H25N3O4. The van der Waals surface area contributed by atoms with Crippen LogP contribution in [0.25, 0.3) is 0 Å². The van der Waals surface area contributed by atoms with Gasteiger partial charge in [0.15, 0.2) is 0 Å². The highest BCUT2D eigenvalue weighted by atomic mass is 16.4. The predicted molar refractivity (Wildman–Crippen MR) is 75.3 cm³/mol. The van der Waals surface area contributed by atoms with Crippen molar-refractivity contribution in [2.24, 2.45) is 5.92 Å². The number of carbonyl (C=O) groups is 3. The van der Waals surface area contributed by atoms with Gasteiger partial charge in [0.05, 0.1) is 6.54 Å². The Balaban J connectivity index is 4.17. The van der Waals surface area contributed by atoms with Gasteiger partial charge in [0, 0.05) is 6.54 Å². The Morgan fingerprint density at radius 1 is 1.25 bits per heavy atom. The number of aliphatic carboxylic acids is 1. The summed E-state index contributed by atoms with van der Waals surface area (Å²) in [6.07, 6.45) is 0.827. The number of hydrogen-bond acceptors (Lipinski definition) is 4. The van der Waals surface area contributed by atoms with Gasteiger partial charge in [-0.05, 0) is 33.2 Å². The van der Waals surface area contributed by atoms with Crippen LogP contribution in [0.2, 0.25) is 0 Å². The lowest BCUT2D eigenvalue weighted by atomic mass is 10.0. The van der Waals surface area contributed by atoms with E-state index in [4.69, 9.17) is 5.11 Å². The average molecular weight is 287 g/mol. The fourth-order valence-corrected chi connectivity index (χ4v) is 1.26. The van der Waals surface area contributed by atoms with Crippen LogP contribution in [0.3, 0.4) is 0 Å². The van der Waals surface area contributed by atoms with Crippen molar-refractivity contribution in [1.29, 1.82) is 0 Å². The molecule has 0 aromatic heterocycles. The van der Waals surface area contributed by atoms with Crippen LogP contribution in [0, 0.1) is 5.92 Å². The molecular weight excluding hydrogens is 262 g/mol. The number of hydrogen-bond donors (Lipinski definition) is 3. The van der Waals surface area contributed by atoms with Gasteiger partial charge in [0.1, 0.15) is 5.54 Å². The Bertz CT molecular complexity index is 367. The van der Waals surface area contributed by atoms with Crippen LogP contribution in [0.15, 0.2) is 0 Å². The zero-order chi connectivity index (χ0) is 15.9. The zero-order valence-electron chi connectivity index (χ0n) is 12.8. The highest BCUT2D eigenvalue weighted by molar-refractivity contribution is 5.95.